The van der Waals surface area contributed by atoms with Gasteiger partial charge in [0.1, 0.15) is 11.1 Å². The molecule has 4 rings (SSSR count). The molecule has 1 fully saturated rings. The van der Waals surface area contributed by atoms with E-state index in [4.69, 9.17) is 16.0 Å². The second kappa shape index (κ2) is 6.50. The molecule has 2 aromatic heterocycles. The van der Waals surface area contributed by atoms with Crippen LogP contribution < -0.4 is 10.5 Å². The summed E-state index contributed by atoms with van der Waals surface area (Å²) in [6.07, 6.45) is 1.77. The summed E-state index contributed by atoms with van der Waals surface area (Å²) in [4.78, 5) is 33.0. The largest absolute Gasteiger partial charge is 0.422 e. The van der Waals surface area contributed by atoms with Crippen LogP contribution in [0.25, 0.3) is 11.0 Å². The number of hydrogen-bond donors (Lipinski definition) is 0. The Labute approximate surface area is 152 Å². The smallest absolute Gasteiger partial charge is 0.349 e. The molecule has 0 radical (unpaired) electrons. The van der Waals surface area contributed by atoms with Crippen molar-refractivity contribution < 1.29 is 9.21 Å². The zero-order valence-corrected chi connectivity index (χ0v) is 14.7. The number of anilines is 1. The van der Waals surface area contributed by atoms with Gasteiger partial charge in [0.15, 0.2) is 5.13 Å². The minimum absolute atomic E-state index is 0.0393. The second-order valence-electron chi connectivity index (χ2n) is 5.72. The number of carbonyl (C=O) groups excluding carboxylic acids is 1. The number of benzene rings is 1. The molecule has 0 saturated carbocycles. The number of nitrogens with zero attached hydrogens (tertiary/aromatic N) is 3. The van der Waals surface area contributed by atoms with Gasteiger partial charge in [-0.05, 0) is 24.3 Å². The molecule has 0 N–H and O–H groups in total. The van der Waals surface area contributed by atoms with Crippen molar-refractivity contribution in [3.63, 3.8) is 0 Å². The Hall–Kier alpha value is -2.38. The topological polar surface area (TPSA) is 66.7 Å². The summed E-state index contributed by atoms with van der Waals surface area (Å²) in [5.41, 5.74) is -0.167. The highest BCUT2D eigenvalue weighted by Crippen LogP contribution is 2.21. The summed E-state index contributed by atoms with van der Waals surface area (Å²) < 4.78 is 5.26. The first-order valence-corrected chi connectivity index (χ1v) is 9.05. The van der Waals surface area contributed by atoms with Crippen LogP contribution in [0.4, 0.5) is 5.13 Å². The van der Waals surface area contributed by atoms with Gasteiger partial charge in [-0.15, -0.1) is 11.3 Å². The summed E-state index contributed by atoms with van der Waals surface area (Å²) in [6.45, 7) is 2.44. The number of amides is 1. The maximum atomic E-state index is 12.7. The molecule has 0 atom stereocenters. The molecule has 0 aliphatic carbocycles. The van der Waals surface area contributed by atoms with Crippen molar-refractivity contribution in [2.75, 3.05) is 31.1 Å². The fourth-order valence-electron chi connectivity index (χ4n) is 2.89. The lowest BCUT2D eigenvalue weighted by Gasteiger charge is -2.34. The molecule has 0 bridgehead atoms. The van der Waals surface area contributed by atoms with E-state index in [0.29, 0.717) is 42.2 Å². The van der Waals surface area contributed by atoms with E-state index >= 15 is 0 Å². The number of carbonyl (C=O) groups is 1. The first-order chi connectivity index (χ1) is 12.1. The van der Waals surface area contributed by atoms with Crippen molar-refractivity contribution in [2.45, 2.75) is 0 Å². The Balaban J connectivity index is 1.56. The second-order valence-corrected chi connectivity index (χ2v) is 7.03. The Morgan fingerprint density at radius 1 is 1.20 bits per heavy atom. The van der Waals surface area contributed by atoms with Gasteiger partial charge in [0.05, 0.1) is 0 Å². The third kappa shape index (κ3) is 3.12. The lowest BCUT2D eigenvalue weighted by Crippen LogP contribution is -2.49. The fraction of sp³-hybridized carbons (Fsp3) is 0.235. The number of fused-ring (bicyclic) bond motifs is 1. The average Bonchev–Trinajstić information content (AvgIpc) is 3.16. The lowest BCUT2D eigenvalue weighted by molar-refractivity contribution is 0.0742. The van der Waals surface area contributed by atoms with Crippen molar-refractivity contribution in [3.8, 4) is 0 Å². The summed E-state index contributed by atoms with van der Waals surface area (Å²) >= 11 is 7.55. The zero-order chi connectivity index (χ0) is 17.4. The highest BCUT2D eigenvalue weighted by Gasteiger charge is 2.25. The van der Waals surface area contributed by atoms with Gasteiger partial charge >= 0.3 is 5.63 Å². The first-order valence-electron chi connectivity index (χ1n) is 7.79. The van der Waals surface area contributed by atoms with Crippen LogP contribution in [0.15, 0.2) is 45.1 Å². The fourth-order valence-corrected chi connectivity index (χ4v) is 3.76. The van der Waals surface area contributed by atoms with Crippen LogP contribution >= 0.6 is 22.9 Å². The molecule has 0 unspecified atom stereocenters. The molecule has 3 heterocycles. The minimum atomic E-state index is -0.623. The van der Waals surface area contributed by atoms with Gasteiger partial charge in [0.2, 0.25) is 0 Å². The molecular formula is C17H14ClN3O3S. The van der Waals surface area contributed by atoms with Crippen molar-refractivity contribution in [1.29, 1.82) is 0 Å². The van der Waals surface area contributed by atoms with Gasteiger partial charge in [0.25, 0.3) is 5.91 Å². The van der Waals surface area contributed by atoms with E-state index in [1.807, 2.05) is 5.38 Å². The SMILES string of the molecule is O=C(c1cc2cc(Cl)ccc2oc1=O)N1CCN(c2nccs2)CC1. The molecule has 1 aliphatic rings. The van der Waals surface area contributed by atoms with Crippen molar-refractivity contribution >= 4 is 44.9 Å². The van der Waals surface area contributed by atoms with Crippen molar-refractivity contribution in [2.24, 2.45) is 0 Å². The van der Waals surface area contributed by atoms with E-state index in [2.05, 4.69) is 9.88 Å². The molecule has 3 aromatic rings. The quantitative estimate of drug-likeness (QED) is 0.644. The standard InChI is InChI=1S/C17H14ClN3O3S/c18-12-1-2-14-11(9-12)10-13(16(23)24-14)15(22)20-4-6-21(7-5-20)17-19-3-8-25-17/h1-3,8-10H,4-7H2. The summed E-state index contributed by atoms with van der Waals surface area (Å²) in [5.74, 6) is -0.311. The van der Waals surface area contributed by atoms with Crippen LogP contribution in [0.2, 0.25) is 5.02 Å². The van der Waals surface area contributed by atoms with Crippen LogP contribution in [-0.4, -0.2) is 42.0 Å². The van der Waals surface area contributed by atoms with Crippen molar-refractivity contribution in [1.82, 2.24) is 9.88 Å². The van der Waals surface area contributed by atoms with Crippen molar-refractivity contribution in [3.05, 3.63) is 56.8 Å². The minimum Gasteiger partial charge on any atom is -0.422 e. The molecular weight excluding hydrogens is 362 g/mol. The summed E-state index contributed by atoms with van der Waals surface area (Å²) in [7, 11) is 0. The molecule has 1 saturated heterocycles. The Morgan fingerprint density at radius 2 is 2.00 bits per heavy atom. The lowest BCUT2D eigenvalue weighted by atomic mass is 10.1. The number of aromatic nitrogens is 1. The molecule has 1 aromatic carbocycles. The number of hydrogen-bond acceptors (Lipinski definition) is 6. The van der Waals surface area contributed by atoms with Gasteiger partial charge in [-0.3, -0.25) is 4.79 Å². The normalized spacial score (nSPS) is 14.9. The van der Waals surface area contributed by atoms with Crippen LogP contribution in [0, 0.1) is 0 Å². The molecule has 1 amide bonds. The van der Waals surface area contributed by atoms with Gasteiger partial charge in [0, 0.05) is 48.2 Å². The van der Waals surface area contributed by atoms with Gasteiger partial charge in [-0.1, -0.05) is 11.6 Å². The number of piperazine rings is 1. The summed E-state index contributed by atoms with van der Waals surface area (Å²) in [6, 6.07) is 6.51. The monoisotopic (exact) mass is 375 g/mol. The molecule has 8 heteroatoms. The number of halogens is 1. The average molecular weight is 376 g/mol. The maximum absolute atomic E-state index is 12.7. The van der Waals surface area contributed by atoms with E-state index in [0.717, 1.165) is 5.13 Å². The Morgan fingerprint density at radius 3 is 2.72 bits per heavy atom. The Bertz CT molecular complexity index is 978. The van der Waals surface area contributed by atoms with Gasteiger partial charge < -0.3 is 14.2 Å². The third-order valence-corrected chi connectivity index (χ3v) is 5.25. The first kappa shape index (κ1) is 16.1. The van der Waals surface area contributed by atoms with Gasteiger partial charge in [-0.25, -0.2) is 9.78 Å². The van der Waals surface area contributed by atoms with E-state index in [9.17, 15) is 9.59 Å². The highest BCUT2D eigenvalue weighted by molar-refractivity contribution is 7.13. The van der Waals surface area contributed by atoms with E-state index in [-0.39, 0.29) is 11.5 Å². The number of thiazole rings is 1. The molecule has 0 spiro atoms. The van der Waals surface area contributed by atoms with E-state index in [1.54, 1.807) is 46.7 Å². The van der Waals surface area contributed by atoms with Crippen LogP contribution in [0.1, 0.15) is 10.4 Å². The molecule has 6 nitrogen and oxygen atoms in total. The summed E-state index contributed by atoms with van der Waals surface area (Å²) in [5, 5.41) is 4.04. The number of rotatable bonds is 2. The zero-order valence-electron chi connectivity index (χ0n) is 13.1. The maximum Gasteiger partial charge on any atom is 0.349 e. The van der Waals surface area contributed by atoms with E-state index < -0.39 is 5.63 Å². The van der Waals surface area contributed by atoms with Crippen LogP contribution in [-0.2, 0) is 0 Å². The predicted octanol–water partition coefficient (Wildman–Crippen LogP) is 2.87. The molecule has 25 heavy (non-hydrogen) atoms. The van der Waals surface area contributed by atoms with Crippen LogP contribution in [0.3, 0.4) is 0 Å². The predicted molar refractivity (Wildman–Crippen MR) is 97.7 cm³/mol. The van der Waals surface area contributed by atoms with E-state index in [1.165, 1.54) is 0 Å². The highest BCUT2D eigenvalue weighted by atomic mass is 35.5. The van der Waals surface area contributed by atoms with Gasteiger partial charge in [-0.2, -0.15) is 0 Å². The molecule has 128 valence electrons. The van der Waals surface area contributed by atoms with Crippen LogP contribution in [0.5, 0.6) is 0 Å². The molecule has 1 aliphatic heterocycles. The third-order valence-electron chi connectivity index (χ3n) is 4.18. The Kier molecular flexibility index (Phi) is 4.19.